The van der Waals surface area contributed by atoms with Crippen LogP contribution in [0, 0.1) is 13.8 Å². The zero-order valence-electron chi connectivity index (χ0n) is 19.1. The number of alkyl halides is 2. The van der Waals surface area contributed by atoms with Gasteiger partial charge in [-0.05, 0) is 63.2 Å². The molecule has 1 atom stereocenters. The number of hydrogen-bond acceptors (Lipinski definition) is 6. The number of aromatic nitrogens is 1. The number of benzene rings is 2. The first-order valence-electron chi connectivity index (χ1n) is 10.7. The molecule has 2 aromatic carbocycles. The van der Waals surface area contributed by atoms with E-state index in [0.717, 1.165) is 6.07 Å². The summed E-state index contributed by atoms with van der Waals surface area (Å²) in [6, 6.07) is 15.2. The Morgan fingerprint density at radius 2 is 1.69 bits per heavy atom. The van der Waals surface area contributed by atoms with E-state index in [9.17, 15) is 23.2 Å². The minimum Gasteiger partial charge on any atom is -0.449 e. The fourth-order valence-corrected chi connectivity index (χ4v) is 3.88. The molecule has 0 spiro atoms. The first kappa shape index (κ1) is 23.9. The number of nitrogens with zero attached hydrogens (tertiary/aromatic N) is 1. The van der Waals surface area contributed by atoms with Crippen LogP contribution in [0.3, 0.4) is 0 Å². The topological polar surface area (TPSA) is 87.7 Å². The summed E-state index contributed by atoms with van der Waals surface area (Å²) >= 11 is 0. The lowest BCUT2D eigenvalue weighted by atomic mass is 10.1. The largest absolute Gasteiger partial charge is 0.449 e. The number of Topliss-reactive ketones (excluding diaryl/α,β-unsaturated/α-hetero) is 1. The molecule has 35 heavy (non-hydrogen) atoms. The summed E-state index contributed by atoms with van der Waals surface area (Å²) in [5.41, 5.74) is 2.10. The molecular weight excluding hydrogens is 460 g/mol. The van der Waals surface area contributed by atoms with Crippen molar-refractivity contribution >= 4 is 22.7 Å². The summed E-state index contributed by atoms with van der Waals surface area (Å²) in [6.07, 6.45) is -1.16. The lowest BCUT2D eigenvalue weighted by Crippen LogP contribution is -2.25. The van der Waals surface area contributed by atoms with Crippen LogP contribution >= 0.6 is 0 Å². The highest BCUT2D eigenvalue weighted by molar-refractivity contribution is 6.02. The predicted molar refractivity (Wildman–Crippen MR) is 124 cm³/mol. The highest BCUT2D eigenvalue weighted by atomic mass is 19.3. The Morgan fingerprint density at radius 1 is 1.00 bits per heavy atom. The molecule has 0 amide bonds. The van der Waals surface area contributed by atoms with Crippen molar-refractivity contribution in [3.05, 3.63) is 93.6 Å². The lowest BCUT2D eigenvalue weighted by Gasteiger charge is -2.13. The fourth-order valence-electron chi connectivity index (χ4n) is 3.88. The summed E-state index contributed by atoms with van der Waals surface area (Å²) in [4.78, 5) is 37.9. The van der Waals surface area contributed by atoms with E-state index in [1.165, 1.54) is 19.1 Å². The summed E-state index contributed by atoms with van der Waals surface area (Å²) in [5.74, 6) is -1.66. The second-order valence-corrected chi connectivity index (χ2v) is 7.88. The average Bonchev–Trinajstić information content (AvgIpc) is 3.12. The standard InChI is InChI=1S/C26H21F2NO6/c1-14-12-20(15(2)29(14)17-8-10-18(11-9-17)34-26(27)28)24(31)16(3)33-25(32)23-13-21(30)19-6-4-5-7-22(19)35-23/h4-13,16,26H,1-3H3/t16-/m0/s1. The monoisotopic (exact) mass is 481 g/mol. The molecule has 180 valence electrons. The number of halogens is 2. The Balaban J connectivity index is 1.55. The van der Waals surface area contributed by atoms with Gasteiger partial charge in [0.25, 0.3) is 0 Å². The van der Waals surface area contributed by atoms with Crippen LogP contribution in [-0.4, -0.2) is 29.0 Å². The molecule has 0 bridgehead atoms. The molecule has 2 heterocycles. The maximum Gasteiger partial charge on any atom is 0.387 e. The van der Waals surface area contributed by atoms with Crippen molar-refractivity contribution in [1.29, 1.82) is 0 Å². The minimum absolute atomic E-state index is 0.0170. The number of esters is 1. The number of carbonyl (C=O) groups is 2. The molecule has 0 saturated carbocycles. The SMILES string of the molecule is Cc1cc(C(=O)[C@H](C)OC(=O)c2cc(=O)c3ccccc3o2)c(C)n1-c1ccc(OC(F)F)cc1. The molecule has 0 N–H and O–H groups in total. The maximum absolute atomic E-state index is 13.1. The van der Waals surface area contributed by atoms with E-state index in [0.29, 0.717) is 28.0 Å². The minimum atomic E-state index is -2.92. The first-order valence-corrected chi connectivity index (χ1v) is 10.7. The van der Waals surface area contributed by atoms with Crippen LogP contribution in [0.1, 0.15) is 39.2 Å². The Kier molecular flexibility index (Phi) is 6.50. The van der Waals surface area contributed by atoms with Gasteiger partial charge in [-0.15, -0.1) is 0 Å². The zero-order valence-corrected chi connectivity index (χ0v) is 19.1. The van der Waals surface area contributed by atoms with E-state index in [1.54, 1.807) is 60.9 Å². The molecule has 4 rings (SSSR count). The molecule has 0 aliphatic heterocycles. The molecule has 4 aromatic rings. The number of hydrogen-bond donors (Lipinski definition) is 0. The fraction of sp³-hybridized carbons (Fsp3) is 0.192. The van der Waals surface area contributed by atoms with Gasteiger partial charge in [-0.3, -0.25) is 9.59 Å². The number of aryl methyl sites for hydroxylation is 1. The number of fused-ring (bicyclic) bond motifs is 1. The quantitative estimate of drug-likeness (QED) is 0.265. The average molecular weight is 481 g/mol. The Hall–Kier alpha value is -4.27. The molecule has 7 nitrogen and oxygen atoms in total. The summed E-state index contributed by atoms with van der Waals surface area (Å²) in [6.45, 7) is 2.02. The maximum atomic E-state index is 13.1. The third-order valence-electron chi connectivity index (χ3n) is 5.51. The highest BCUT2D eigenvalue weighted by Crippen LogP contribution is 2.25. The molecule has 0 unspecified atom stereocenters. The molecule has 0 fully saturated rings. The lowest BCUT2D eigenvalue weighted by molar-refractivity contribution is -0.0498. The molecule has 0 saturated heterocycles. The van der Waals surface area contributed by atoms with Gasteiger partial charge in [-0.2, -0.15) is 8.78 Å². The number of para-hydroxylation sites is 1. The van der Waals surface area contributed by atoms with Crippen molar-refractivity contribution < 1.29 is 32.3 Å². The van der Waals surface area contributed by atoms with Crippen LogP contribution in [0.4, 0.5) is 8.78 Å². The van der Waals surface area contributed by atoms with Crippen molar-refractivity contribution in [2.24, 2.45) is 0 Å². The van der Waals surface area contributed by atoms with Crippen LogP contribution < -0.4 is 10.2 Å². The Bertz CT molecular complexity index is 1470. The van der Waals surface area contributed by atoms with Gasteiger partial charge < -0.3 is 18.5 Å². The Labute approximate surface area is 198 Å². The number of carbonyl (C=O) groups excluding carboxylic acids is 2. The molecule has 0 aliphatic carbocycles. The molecule has 2 aromatic heterocycles. The van der Waals surface area contributed by atoms with E-state index < -0.39 is 29.9 Å². The van der Waals surface area contributed by atoms with Crippen LogP contribution in [0.5, 0.6) is 5.75 Å². The van der Waals surface area contributed by atoms with Gasteiger partial charge in [0, 0.05) is 28.7 Å². The van der Waals surface area contributed by atoms with E-state index >= 15 is 0 Å². The van der Waals surface area contributed by atoms with Crippen molar-refractivity contribution in [3.8, 4) is 11.4 Å². The predicted octanol–water partition coefficient (Wildman–Crippen LogP) is 5.23. The summed E-state index contributed by atoms with van der Waals surface area (Å²) in [7, 11) is 0. The van der Waals surface area contributed by atoms with Crippen molar-refractivity contribution in [3.63, 3.8) is 0 Å². The van der Waals surface area contributed by atoms with Crippen LogP contribution in [-0.2, 0) is 4.74 Å². The third-order valence-corrected chi connectivity index (χ3v) is 5.51. The smallest absolute Gasteiger partial charge is 0.387 e. The number of rotatable bonds is 7. The van der Waals surface area contributed by atoms with E-state index in [4.69, 9.17) is 9.15 Å². The third kappa shape index (κ3) is 4.84. The van der Waals surface area contributed by atoms with Crippen LogP contribution in [0.25, 0.3) is 16.7 Å². The second-order valence-electron chi connectivity index (χ2n) is 7.88. The van der Waals surface area contributed by atoms with E-state index in [2.05, 4.69) is 4.74 Å². The summed E-state index contributed by atoms with van der Waals surface area (Å²) < 4.78 is 41.7. The van der Waals surface area contributed by atoms with Crippen LogP contribution in [0.15, 0.2) is 69.9 Å². The molecule has 0 aliphatic rings. The number of ether oxygens (including phenoxy) is 2. The van der Waals surface area contributed by atoms with Gasteiger partial charge in [-0.1, -0.05) is 12.1 Å². The Morgan fingerprint density at radius 3 is 2.37 bits per heavy atom. The van der Waals surface area contributed by atoms with Crippen molar-refractivity contribution in [2.45, 2.75) is 33.5 Å². The van der Waals surface area contributed by atoms with Gasteiger partial charge in [-0.25, -0.2) is 4.79 Å². The van der Waals surface area contributed by atoms with Gasteiger partial charge in [0.05, 0.1) is 5.39 Å². The van der Waals surface area contributed by atoms with Crippen LogP contribution in [0.2, 0.25) is 0 Å². The molecule has 9 heteroatoms. The van der Waals surface area contributed by atoms with Gasteiger partial charge in [0.1, 0.15) is 11.3 Å². The van der Waals surface area contributed by atoms with Gasteiger partial charge in [0.2, 0.25) is 11.5 Å². The zero-order chi connectivity index (χ0) is 25.3. The highest BCUT2D eigenvalue weighted by Gasteiger charge is 2.26. The molecular formula is C26H21F2NO6. The second kappa shape index (κ2) is 9.54. The van der Waals surface area contributed by atoms with Crippen molar-refractivity contribution in [2.75, 3.05) is 0 Å². The van der Waals surface area contributed by atoms with Gasteiger partial charge >= 0.3 is 12.6 Å². The normalized spacial score (nSPS) is 12.1. The molecule has 0 radical (unpaired) electrons. The van der Waals surface area contributed by atoms with Crippen molar-refractivity contribution in [1.82, 2.24) is 4.57 Å². The summed E-state index contributed by atoms with van der Waals surface area (Å²) in [5, 5.41) is 0.328. The first-order chi connectivity index (χ1) is 16.7. The van der Waals surface area contributed by atoms with E-state index in [1.807, 2.05) is 0 Å². The number of ketones is 1. The van der Waals surface area contributed by atoms with Gasteiger partial charge in [0.15, 0.2) is 11.5 Å². The van der Waals surface area contributed by atoms with E-state index in [-0.39, 0.29) is 17.1 Å².